The molecule has 0 fully saturated rings. The number of benzene rings is 2. The summed E-state index contributed by atoms with van der Waals surface area (Å²) in [6, 6.07) is 10.7. The molecule has 0 aliphatic rings. The van der Waals surface area contributed by atoms with E-state index in [1.807, 2.05) is 0 Å². The van der Waals surface area contributed by atoms with Crippen LogP contribution in [0.15, 0.2) is 59.6 Å². The molecule has 0 radical (unpaired) electrons. The monoisotopic (exact) mass is 360 g/mol. The molecule has 0 aliphatic carbocycles. The third-order valence-electron chi connectivity index (χ3n) is 3.55. The van der Waals surface area contributed by atoms with E-state index < -0.39 is 21.6 Å². The minimum Gasteiger partial charge on any atom is -0.383 e. The number of carbonyl (C=O) groups excluding carboxylic acids is 1. The van der Waals surface area contributed by atoms with Crippen LogP contribution in [0.25, 0.3) is 5.69 Å². The Kier molecular flexibility index (Phi) is 4.11. The van der Waals surface area contributed by atoms with Gasteiger partial charge in [-0.1, -0.05) is 12.1 Å². The lowest BCUT2D eigenvalue weighted by atomic mass is 10.1. The van der Waals surface area contributed by atoms with Crippen LogP contribution in [0.5, 0.6) is 0 Å². The normalized spacial score (nSPS) is 11.4. The number of aromatic nitrogens is 2. The van der Waals surface area contributed by atoms with Crippen LogP contribution >= 0.6 is 0 Å². The number of hydrogen-bond acceptors (Lipinski definition) is 5. The molecule has 7 nitrogen and oxygen atoms in total. The number of hydrogen-bond donors (Lipinski definition) is 2. The highest BCUT2D eigenvalue weighted by Crippen LogP contribution is 2.21. The summed E-state index contributed by atoms with van der Waals surface area (Å²) >= 11 is 0. The summed E-state index contributed by atoms with van der Waals surface area (Å²) < 4.78 is 37.2. The first-order valence-corrected chi connectivity index (χ1v) is 8.59. The van der Waals surface area contributed by atoms with Crippen molar-refractivity contribution in [3.05, 3.63) is 71.7 Å². The highest BCUT2D eigenvalue weighted by Gasteiger charge is 2.19. The molecule has 0 saturated heterocycles. The van der Waals surface area contributed by atoms with Gasteiger partial charge in [0.05, 0.1) is 22.3 Å². The fraction of sp³-hybridized carbons (Fsp3) is 0. The largest absolute Gasteiger partial charge is 0.383 e. The maximum atomic E-state index is 13.0. The zero-order chi connectivity index (χ0) is 18.2. The molecule has 25 heavy (non-hydrogen) atoms. The Hall–Kier alpha value is -3.04. The Morgan fingerprint density at radius 2 is 1.80 bits per heavy atom. The molecule has 4 N–H and O–H groups in total. The lowest BCUT2D eigenvalue weighted by Crippen LogP contribution is -2.13. The second kappa shape index (κ2) is 6.11. The average molecular weight is 360 g/mol. The Morgan fingerprint density at radius 3 is 2.44 bits per heavy atom. The molecule has 0 unspecified atom stereocenters. The molecule has 3 rings (SSSR count). The number of nitrogens with two attached hydrogens (primary N) is 2. The van der Waals surface area contributed by atoms with Crippen molar-refractivity contribution < 1.29 is 17.6 Å². The molecule has 0 saturated carbocycles. The summed E-state index contributed by atoms with van der Waals surface area (Å²) in [4.78, 5) is 12.4. The molecular weight excluding hydrogens is 347 g/mol. The van der Waals surface area contributed by atoms with Crippen molar-refractivity contribution in [3.8, 4) is 5.69 Å². The fourth-order valence-corrected chi connectivity index (χ4v) is 2.85. The number of carbonyl (C=O) groups is 1. The quantitative estimate of drug-likeness (QED) is 0.683. The Bertz CT molecular complexity index is 1060. The van der Waals surface area contributed by atoms with Gasteiger partial charge in [-0.15, -0.1) is 0 Å². The molecule has 3 aromatic rings. The van der Waals surface area contributed by atoms with Crippen LogP contribution < -0.4 is 10.9 Å². The summed E-state index contributed by atoms with van der Waals surface area (Å²) in [5.41, 5.74) is 6.66. The van der Waals surface area contributed by atoms with Gasteiger partial charge in [-0.05, 0) is 36.4 Å². The highest BCUT2D eigenvalue weighted by molar-refractivity contribution is 7.89. The van der Waals surface area contributed by atoms with Gasteiger partial charge in [0.25, 0.3) is 0 Å². The highest BCUT2D eigenvalue weighted by atomic mass is 32.2. The van der Waals surface area contributed by atoms with Crippen LogP contribution in [-0.2, 0) is 10.0 Å². The number of anilines is 1. The first-order valence-electron chi connectivity index (χ1n) is 7.04. The predicted molar refractivity (Wildman–Crippen MR) is 89.2 cm³/mol. The molecule has 1 heterocycles. The van der Waals surface area contributed by atoms with E-state index in [2.05, 4.69) is 5.10 Å². The maximum absolute atomic E-state index is 13.0. The van der Waals surface area contributed by atoms with Gasteiger partial charge in [-0.25, -0.2) is 22.6 Å². The summed E-state index contributed by atoms with van der Waals surface area (Å²) in [6.07, 6.45) is 1.27. The predicted octanol–water partition coefficient (Wildman–Crippen LogP) is 1.47. The van der Waals surface area contributed by atoms with Gasteiger partial charge in [0.1, 0.15) is 11.6 Å². The molecule has 0 amide bonds. The average Bonchev–Trinajstić information content (AvgIpc) is 2.96. The first kappa shape index (κ1) is 16.8. The summed E-state index contributed by atoms with van der Waals surface area (Å²) in [5.74, 6) is -0.862. The van der Waals surface area contributed by atoms with Gasteiger partial charge in [-0.3, -0.25) is 4.79 Å². The van der Waals surface area contributed by atoms with Crippen LogP contribution in [0.3, 0.4) is 0 Å². The van der Waals surface area contributed by atoms with Gasteiger partial charge in [0.2, 0.25) is 10.0 Å². The fourth-order valence-electron chi connectivity index (χ4n) is 2.29. The third kappa shape index (κ3) is 3.28. The van der Waals surface area contributed by atoms with E-state index in [1.165, 1.54) is 59.4 Å². The third-order valence-corrected chi connectivity index (χ3v) is 4.46. The van der Waals surface area contributed by atoms with Crippen molar-refractivity contribution in [3.63, 3.8) is 0 Å². The number of nitrogens with zero attached hydrogens (tertiary/aromatic N) is 2. The SMILES string of the molecule is Nc1c(C(=O)c2cccc(S(N)(=O)=O)c2)cnn1-c1ccc(F)cc1. The van der Waals surface area contributed by atoms with Crippen molar-refractivity contribution in [1.29, 1.82) is 0 Å². The minimum atomic E-state index is -3.93. The second-order valence-corrected chi connectivity index (χ2v) is 6.80. The Balaban J connectivity index is 2.01. The first-order chi connectivity index (χ1) is 11.8. The molecule has 0 spiro atoms. The van der Waals surface area contributed by atoms with Gasteiger partial charge in [0, 0.05) is 5.56 Å². The summed E-state index contributed by atoms with van der Waals surface area (Å²) in [5, 5.41) is 9.11. The van der Waals surface area contributed by atoms with Crippen molar-refractivity contribution in [2.75, 3.05) is 5.73 Å². The molecule has 0 aliphatic heterocycles. The lowest BCUT2D eigenvalue weighted by molar-refractivity contribution is 0.103. The lowest BCUT2D eigenvalue weighted by Gasteiger charge is -2.06. The topological polar surface area (TPSA) is 121 Å². The number of primary sulfonamides is 1. The zero-order valence-electron chi connectivity index (χ0n) is 12.8. The molecule has 1 aromatic heterocycles. The van der Waals surface area contributed by atoms with E-state index in [9.17, 15) is 17.6 Å². The standard InChI is InChI=1S/C16H13FN4O3S/c17-11-4-6-12(7-5-11)21-16(18)14(9-20-21)15(22)10-2-1-3-13(8-10)25(19,23)24/h1-9H,18H2,(H2,19,23,24). The number of rotatable bonds is 4. The Morgan fingerprint density at radius 1 is 1.12 bits per heavy atom. The van der Waals surface area contributed by atoms with Crippen LogP contribution in [0, 0.1) is 5.82 Å². The number of halogens is 1. The van der Waals surface area contributed by atoms with Crippen LogP contribution in [0.2, 0.25) is 0 Å². The molecule has 0 bridgehead atoms. The van der Waals surface area contributed by atoms with Gasteiger partial charge in [0.15, 0.2) is 5.78 Å². The van der Waals surface area contributed by atoms with Crippen LogP contribution in [-0.4, -0.2) is 24.0 Å². The molecule has 128 valence electrons. The van der Waals surface area contributed by atoms with E-state index in [1.54, 1.807) is 0 Å². The molecule has 2 aromatic carbocycles. The van der Waals surface area contributed by atoms with Crippen molar-refractivity contribution in [1.82, 2.24) is 9.78 Å². The number of nitrogen functional groups attached to an aromatic ring is 1. The van der Waals surface area contributed by atoms with Gasteiger partial charge < -0.3 is 5.73 Å². The van der Waals surface area contributed by atoms with Crippen LogP contribution in [0.1, 0.15) is 15.9 Å². The van der Waals surface area contributed by atoms with Crippen molar-refractivity contribution >= 4 is 21.6 Å². The van der Waals surface area contributed by atoms with E-state index in [4.69, 9.17) is 10.9 Å². The smallest absolute Gasteiger partial charge is 0.238 e. The summed E-state index contributed by atoms with van der Waals surface area (Å²) in [6.45, 7) is 0. The summed E-state index contributed by atoms with van der Waals surface area (Å²) in [7, 11) is -3.93. The van der Waals surface area contributed by atoms with E-state index in [-0.39, 0.29) is 21.8 Å². The maximum Gasteiger partial charge on any atom is 0.238 e. The van der Waals surface area contributed by atoms with Crippen LogP contribution in [0.4, 0.5) is 10.2 Å². The zero-order valence-corrected chi connectivity index (χ0v) is 13.6. The number of ketones is 1. The molecule has 9 heteroatoms. The Labute approximate surface area is 142 Å². The van der Waals surface area contributed by atoms with E-state index >= 15 is 0 Å². The van der Waals surface area contributed by atoms with Crippen molar-refractivity contribution in [2.24, 2.45) is 5.14 Å². The second-order valence-electron chi connectivity index (χ2n) is 5.23. The van der Waals surface area contributed by atoms with E-state index in [0.29, 0.717) is 5.69 Å². The molecular formula is C16H13FN4O3S. The van der Waals surface area contributed by atoms with E-state index in [0.717, 1.165) is 0 Å². The van der Waals surface area contributed by atoms with Gasteiger partial charge >= 0.3 is 0 Å². The molecule has 0 atom stereocenters. The van der Waals surface area contributed by atoms with Gasteiger partial charge in [-0.2, -0.15) is 5.10 Å². The number of sulfonamides is 1. The van der Waals surface area contributed by atoms with Crippen molar-refractivity contribution in [2.45, 2.75) is 4.90 Å². The minimum absolute atomic E-state index is 0.0533.